The highest BCUT2D eigenvalue weighted by molar-refractivity contribution is 8.00. The molecule has 1 aromatic heterocycles. The van der Waals surface area contributed by atoms with Gasteiger partial charge in [0.1, 0.15) is 5.82 Å². The lowest BCUT2D eigenvalue weighted by atomic mass is 9.84. The Labute approximate surface area is 139 Å². The third-order valence-electron chi connectivity index (χ3n) is 3.50. The van der Waals surface area contributed by atoms with Crippen LogP contribution in [-0.4, -0.2) is 27.7 Å². The number of rotatable bonds is 6. The van der Waals surface area contributed by atoms with Gasteiger partial charge in [-0.05, 0) is 24.6 Å². The van der Waals surface area contributed by atoms with Gasteiger partial charge in [-0.15, -0.1) is 0 Å². The molecule has 6 heteroatoms. The zero-order valence-corrected chi connectivity index (χ0v) is 14.2. The molecule has 0 radical (unpaired) electrons. The topological polar surface area (TPSA) is 54.9 Å². The van der Waals surface area contributed by atoms with Crippen molar-refractivity contribution in [3.63, 3.8) is 0 Å². The van der Waals surface area contributed by atoms with Crippen LogP contribution in [-0.2, 0) is 10.2 Å². The first kappa shape index (κ1) is 17.4. The number of carbonyl (C=O) groups is 1. The summed E-state index contributed by atoms with van der Waals surface area (Å²) in [7, 11) is 0. The number of aromatic nitrogens is 2. The molecule has 23 heavy (non-hydrogen) atoms. The lowest BCUT2D eigenvalue weighted by Gasteiger charge is -2.26. The maximum atomic E-state index is 13.9. The number of thioether (sulfide) groups is 1. The van der Waals surface area contributed by atoms with Crippen molar-refractivity contribution >= 4 is 17.7 Å². The van der Waals surface area contributed by atoms with Crippen LogP contribution in [0.5, 0.6) is 0 Å². The van der Waals surface area contributed by atoms with Gasteiger partial charge in [-0.25, -0.2) is 14.4 Å². The second kappa shape index (κ2) is 7.55. The van der Waals surface area contributed by atoms with E-state index in [0.29, 0.717) is 17.3 Å². The van der Waals surface area contributed by atoms with E-state index in [1.54, 1.807) is 43.6 Å². The molecule has 122 valence electrons. The van der Waals surface area contributed by atoms with E-state index < -0.39 is 5.41 Å². The number of hydrogen-bond acceptors (Lipinski definition) is 4. The quantitative estimate of drug-likeness (QED) is 0.651. The van der Waals surface area contributed by atoms with E-state index in [2.05, 4.69) is 15.3 Å². The molecule has 0 fully saturated rings. The van der Waals surface area contributed by atoms with E-state index in [-0.39, 0.29) is 17.0 Å². The molecular weight excluding hydrogens is 313 g/mol. The van der Waals surface area contributed by atoms with Gasteiger partial charge in [0.2, 0.25) is 5.91 Å². The average molecular weight is 333 g/mol. The lowest BCUT2D eigenvalue weighted by molar-refractivity contribution is -0.120. The third-order valence-corrected chi connectivity index (χ3v) is 4.49. The first-order valence-corrected chi connectivity index (χ1v) is 8.24. The van der Waals surface area contributed by atoms with Crippen LogP contribution in [0.15, 0.2) is 47.9 Å². The molecular formula is C17H20FN3OS. The van der Waals surface area contributed by atoms with Crippen LogP contribution in [0.3, 0.4) is 0 Å². The van der Waals surface area contributed by atoms with Crippen LogP contribution >= 0.6 is 11.8 Å². The highest BCUT2D eigenvalue weighted by atomic mass is 32.2. The first-order valence-electron chi connectivity index (χ1n) is 7.36. The smallest absolute Gasteiger partial charge is 0.233 e. The number of halogens is 1. The molecule has 2 aromatic rings. The molecule has 1 N–H and O–H groups in total. The average Bonchev–Trinajstić information content (AvgIpc) is 2.54. The summed E-state index contributed by atoms with van der Waals surface area (Å²) in [6.45, 7) is 5.97. The fourth-order valence-corrected chi connectivity index (χ4v) is 2.87. The van der Waals surface area contributed by atoms with Crippen LogP contribution in [0.1, 0.15) is 26.3 Å². The van der Waals surface area contributed by atoms with E-state index in [1.807, 2.05) is 13.8 Å². The number of benzene rings is 1. The molecule has 2 rings (SSSR count). The second-order valence-electron chi connectivity index (χ2n) is 5.87. The van der Waals surface area contributed by atoms with Gasteiger partial charge in [0, 0.05) is 24.4 Å². The number of amides is 1. The Kier molecular flexibility index (Phi) is 5.71. The Balaban J connectivity index is 1.94. The Bertz CT molecular complexity index is 664. The van der Waals surface area contributed by atoms with E-state index in [1.165, 1.54) is 17.8 Å². The fourth-order valence-electron chi connectivity index (χ4n) is 2.12. The third kappa shape index (κ3) is 4.76. The van der Waals surface area contributed by atoms with Crippen LogP contribution in [0.25, 0.3) is 0 Å². The molecule has 1 atom stereocenters. The van der Waals surface area contributed by atoms with Crippen LogP contribution in [0.4, 0.5) is 4.39 Å². The van der Waals surface area contributed by atoms with Crippen molar-refractivity contribution in [1.29, 1.82) is 0 Å². The fraction of sp³-hybridized carbons (Fsp3) is 0.353. The Hall–Kier alpha value is -1.95. The largest absolute Gasteiger partial charge is 0.354 e. The SMILES string of the molecule is C[C@@H](Sc1ncccn1)C(=O)NCC(C)(C)c1ccccc1F. The number of carbonyl (C=O) groups excluding carboxylic acids is 1. The van der Waals surface area contributed by atoms with E-state index in [9.17, 15) is 9.18 Å². The van der Waals surface area contributed by atoms with Gasteiger partial charge in [-0.2, -0.15) is 0 Å². The zero-order valence-electron chi connectivity index (χ0n) is 13.4. The number of hydrogen-bond donors (Lipinski definition) is 1. The highest BCUT2D eigenvalue weighted by Crippen LogP contribution is 2.25. The van der Waals surface area contributed by atoms with Gasteiger partial charge in [0.15, 0.2) is 5.16 Å². The molecule has 0 aliphatic heterocycles. The summed E-state index contributed by atoms with van der Waals surface area (Å²) in [5.41, 5.74) is 0.0984. The molecule has 0 spiro atoms. The molecule has 0 saturated heterocycles. The van der Waals surface area contributed by atoms with Crippen LogP contribution < -0.4 is 5.32 Å². The maximum absolute atomic E-state index is 13.9. The van der Waals surface area contributed by atoms with Gasteiger partial charge in [0.05, 0.1) is 5.25 Å². The van der Waals surface area contributed by atoms with Gasteiger partial charge >= 0.3 is 0 Å². The van der Waals surface area contributed by atoms with Crippen molar-refractivity contribution in [2.75, 3.05) is 6.54 Å². The molecule has 0 aliphatic carbocycles. The Morgan fingerprint density at radius 3 is 2.57 bits per heavy atom. The van der Waals surface area contributed by atoms with Crippen molar-refractivity contribution in [3.05, 3.63) is 54.1 Å². The van der Waals surface area contributed by atoms with Crippen molar-refractivity contribution in [2.45, 2.75) is 36.6 Å². The molecule has 0 bridgehead atoms. The highest BCUT2D eigenvalue weighted by Gasteiger charge is 2.26. The second-order valence-corrected chi connectivity index (χ2v) is 7.18. The summed E-state index contributed by atoms with van der Waals surface area (Å²) < 4.78 is 13.9. The zero-order chi connectivity index (χ0) is 16.9. The van der Waals surface area contributed by atoms with Crippen molar-refractivity contribution in [2.24, 2.45) is 0 Å². The minimum Gasteiger partial charge on any atom is -0.354 e. The van der Waals surface area contributed by atoms with Crippen molar-refractivity contribution in [3.8, 4) is 0 Å². The molecule has 1 amide bonds. The summed E-state index contributed by atoms with van der Waals surface area (Å²) in [6, 6.07) is 8.37. The van der Waals surface area contributed by atoms with Crippen molar-refractivity contribution < 1.29 is 9.18 Å². The van der Waals surface area contributed by atoms with Crippen LogP contribution in [0, 0.1) is 5.82 Å². The Morgan fingerprint density at radius 2 is 1.91 bits per heavy atom. The molecule has 0 saturated carbocycles. The summed E-state index contributed by atoms with van der Waals surface area (Å²) in [5.74, 6) is -0.376. The van der Waals surface area contributed by atoms with E-state index in [4.69, 9.17) is 0 Å². The number of nitrogens with zero attached hydrogens (tertiary/aromatic N) is 2. The molecule has 4 nitrogen and oxygen atoms in total. The van der Waals surface area contributed by atoms with Crippen molar-refractivity contribution in [1.82, 2.24) is 15.3 Å². The molecule has 1 heterocycles. The molecule has 0 aliphatic rings. The van der Waals surface area contributed by atoms with Gasteiger partial charge in [-0.3, -0.25) is 4.79 Å². The molecule has 0 unspecified atom stereocenters. The van der Waals surface area contributed by atoms with Crippen LogP contribution in [0.2, 0.25) is 0 Å². The first-order chi connectivity index (χ1) is 10.9. The molecule has 1 aromatic carbocycles. The minimum atomic E-state index is -0.491. The van der Waals surface area contributed by atoms with Gasteiger partial charge < -0.3 is 5.32 Å². The van der Waals surface area contributed by atoms with Gasteiger partial charge in [0.25, 0.3) is 0 Å². The number of nitrogens with one attached hydrogen (secondary N) is 1. The lowest BCUT2D eigenvalue weighted by Crippen LogP contribution is -2.40. The summed E-state index contributed by atoms with van der Waals surface area (Å²) in [5, 5.41) is 3.12. The maximum Gasteiger partial charge on any atom is 0.233 e. The standard InChI is InChI=1S/C17H20FN3OS/c1-12(23-16-19-9-6-10-20-16)15(22)21-11-17(2,3)13-7-4-5-8-14(13)18/h4-10,12H,11H2,1-3H3,(H,21,22)/t12-/m1/s1. The summed E-state index contributed by atoms with van der Waals surface area (Å²) >= 11 is 1.29. The normalized spacial score (nSPS) is 12.7. The summed E-state index contributed by atoms with van der Waals surface area (Å²) in [6.07, 6.45) is 3.28. The van der Waals surface area contributed by atoms with E-state index in [0.717, 1.165) is 0 Å². The van der Waals surface area contributed by atoms with E-state index >= 15 is 0 Å². The Morgan fingerprint density at radius 1 is 1.26 bits per heavy atom. The predicted octanol–water partition coefficient (Wildman–Crippen LogP) is 3.19. The minimum absolute atomic E-state index is 0.119. The monoisotopic (exact) mass is 333 g/mol. The predicted molar refractivity (Wildman–Crippen MR) is 89.8 cm³/mol. The van der Waals surface area contributed by atoms with Gasteiger partial charge in [-0.1, -0.05) is 43.8 Å². The summed E-state index contributed by atoms with van der Waals surface area (Å²) in [4.78, 5) is 20.4.